The van der Waals surface area contributed by atoms with Crippen molar-refractivity contribution in [3.05, 3.63) is 12.2 Å². The molecule has 0 atom stereocenters. The van der Waals surface area contributed by atoms with Gasteiger partial charge in [0.15, 0.2) is 0 Å². The highest BCUT2D eigenvalue weighted by Crippen LogP contribution is 2.15. The van der Waals surface area contributed by atoms with E-state index in [1.165, 1.54) is 186 Å². The van der Waals surface area contributed by atoms with Crippen LogP contribution >= 0.6 is 0 Å². The average Bonchev–Trinajstić information content (AvgIpc) is 2.96. The van der Waals surface area contributed by atoms with Crippen molar-refractivity contribution in [1.29, 1.82) is 0 Å². The number of unbranched alkanes of at least 4 members (excludes halogenated alkanes) is 28. The van der Waals surface area contributed by atoms with Crippen molar-refractivity contribution in [3.8, 4) is 0 Å². The highest BCUT2D eigenvalue weighted by molar-refractivity contribution is 5.69. The lowest BCUT2D eigenvalue weighted by atomic mass is 10.0. The summed E-state index contributed by atoms with van der Waals surface area (Å²) in [6.45, 7) is 5.19. The summed E-state index contributed by atoms with van der Waals surface area (Å²) in [7, 11) is 0. The number of hydrogen-bond acceptors (Lipinski definition) is 2. The molecule has 0 saturated carbocycles. The third kappa shape index (κ3) is 35.2. The Balaban J connectivity index is 3.18. The van der Waals surface area contributed by atoms with E-state index in [2.05, 4.69) is 26.0 Å². The SMILES string of the molecule is CCCCCCCC/C=C/CCCCCCOC(=O)CCCCCCCCCCCCCCCCCCCCC. The second kappa shape index (κ2) is 36.2. The van der Waals surface area contributed by atoms with Crippen molar-refractivity contribution >= 4 is 5.97 Å². The summed E-state index contributed by atoms with van der Waals surface area (Å²) < 4.78 is 5.43. The summed E-state index contributed by atoms with van der Waals surface area (Å²) >= 11 is 0. The molecule has 40 heavy (non-hydrogen) atoms. The predicted octanol–water partition coefficient (Wildman–Crippen LogP) is 13.6. The van der Waals surface area contributed by atoms with Gasteiger partial charge in [-0.3, -0.25) is 4.79 Å². The van der Waals surface area contributed by atoms with E-state index in [0.717, 1.165) is 12.8 Å². The maximum atomic E-state index is 11.9. The van der Waals surface area contributed by atoms with Gasteiger partial charge in [-0.1, -0.05) is 187 Å². The molecule has 0 N–H and O–H groups in total. The number of rotatable bonds is 34. The van der Waals surface area contributed by atoms with Crippen LogP contribution in [0.5, 0.6) is 0 Å². The predicted molar refractivity (Wildman–Crippen MR) is 179 cm³/mol. The van der Waals surface area contributed by atoms with Crippen LogP contribution in [0.3, 0.4) is 0 Å². The largest absolute Gasteiger partial charge is 0.466 e. The Hall–Kier alpha value is -0.790. The molecule has 0 aliphatic rings. The van der Waals surface area contributed by atoms with Crippen molar-refractivity contribution in [3.63, 3.8) is 0 Å². The zero-order chi connectivity index (χ0) is 29.0. The zero-order valence-corrected chi connectivity index (χ0v) is 27.8. The minimum Gasteiger partial charge on any atom is -0.466 e. The van der Waals surface area contributed by atoms with Crippen molar-refractivity contribution in [2.75, 3.05) is 6.61 Å². The molecule has 0 aromatic heterocycles. The molecule has 0 aliphatic heterocycles. The van der Waals surface area contributed by atoms with Crippen LogP contribution in [0.1, 0.15) is 219 Å². The van der Waals surface area contributed by atoms with Crippen LogP contribution in [-0.2, 0) is 9.53 Å². The minimum absolute atomic E-state index is 0.0181. The summed E-state index contributed by atoms with van der Waals surface area (Å²) in [5.74, 6) is 0.0181. The quantitative estimate of drug-likeness (QED) is 0.0443. The molecule has 0 fully saturated rings. The Morgan fingerprint density at radius 3 is 1.07 bits per heavy atom. The van der Waals surface area contributed by atoms with Gasteiger partial charge in [0.05, 0.1) is 6.61 Å². The molecule has 0 saturated heterocycles. The zero-order valence-electron chi connectivity index (χ0n) is 27.8. The summed E-state index contributed by atoms with van der Waals surface area (Å²) in [4.78, 5) is 11.9. The third-order valence-electron chi connectivity index (χ3n) is 8.40. The Kier molecular flexibility index (Phi) is 35.5. The number of ether oxygens (including phenoxy) is 1. The molecule has 0 aromatic carbocycles. The first-order valence-corrected chi connectivity index (χ1v) is 18.6. The number of carbonyl (C=O) groups is 1. The van der Waals surface area contributed by atoms with Crippen LogP contribution in [-0.4, -0.2) is 12.6 Å². The molecule has 0 radical (unpaired) electrons. The van der Waals surface area contributed by atoms with Crippen LogP contribution < -0.4 is 0 Å². The molecule has 0 aliphatic carbocycles. The standard InChI is InChI=1S/C38H74O2/c1-3-5-7-9-11-13-15-17-19-20-21-22-23-24-26-28-30-32-34-36-38(39)40-37-35-33-31-29-27-25-18-16-14-12-10-8-6-4-2/h18,25H,3-17,19-24,26-37H2,1-2H3/b25-18+. The summed E-state index contributed by atoms with van der Waals surface area (Å²) in [6.07, 6.45) is 47.1. The van der Waals surface area contributed by atoms with Gasteiger partial charge in [-0.15, -0.1) is 0 Å². The first-order valence-electron chi connectivity index (χ1n) is 18.6. The fourth-order valence-electron chi connectivity index (χ4n) is 5.60. The number of esters is 1. The van der Waals surface area contributed by atoms with Crippen molar-refractivity contribution in [1.82, 2.24) is 0 Å². The lowest BCUT2D eigenvalue weighted by Crippen LogP contribution is -2.05. The molecule has 0 rings (SSSR count). The smallest absolute Gasteiger partial charge is 0.305 e. The van der Waals surface area contributed by atoms with E-state index in [1.807, 2.05) is 0 Å². The molecule has 0 unspecified atom stereocenters. The fourth-order valence-corrected chi connectivity index (χ4v) is 5.60. The van der Waals surface area contributed by atoms with Gasteiger partial charge in [-0.2, -0.15) is 0 Å². The van der Waals surface area contributed by atoms with Crippen LogP contribution in [0.15, 0.2) is 12.2 Å². The highest BCUT2D eigenvalue weighted by atomic mass is 16.5. The van der Waals surface area contributed by atoms with Gasteiger partial charge < -0.3 is 4.74 Å². The van der Waals surface area contributed by atoms with Gasteiger partial charge in [0.25, 0.3) is 0 Å². The molecule has 2 nitrogen and oxygen atoms in total. The van der Waals surface area contributed by atoms with Gasteiger partial charge >= 0.3 is 5.97 Å². The van der Waals surface area contributed by atoms with E-state index in [-0.39, 0.29) is 5.97 Å². The van der Waals surface area contributed by atoms with Crippen LogP contribution in [0, 0.1) is 0 Å². The molecule has 0 bridgehead atoms. The Morgan fingerprint density at radius 1 is 0.400 bits per heavy atom. The van der Waals surface area contributed by atoms with E-state index >= 15 is 0 Å². The van der Waals surface area contributed by atoms with Gasteiger partial charge in [-0.25, -0.2) is 0 Å². The molecule has 238 valence electrons. The van der Waals surface area contributed by atoms with Crippen LogP contribution in [0.2, 0.25) is 0 Å². The van der Waals surface area contributed by atoms with E-state index < -0.39 is 0 Å². The van der Waals surface area contributed by atoms with Crippen molar-refractivity contribution < 1.29 is 9.53 Å². The van der Waals surface area contributed by atoms with Gasteiger partial charge in [0.1, 0.15) is 0 Å². The Labute approximate surface area is 253 Å². The minimum atomic E-state index is 0.0181. The summed E-state index contributed by atoms with van der Waals surface area (Å²) in [5.41, 5.74) is 0. The third-order valence-corrected chi connectivity index (χ3v) is 8.40. The van der Waals surface area contributed by atoms with Gasteiger partial charge in [0, 0.05) is 6.42 Å². The maximum absolute atomic E-state index is 11.9. The lowest BCUT2D eigenvalue weighted by molar-refractivity contribution is -0.143. The fraction of sp³-hybridized carbons (Fsp3) is 0.921. The monoisotopic (exact) mass is 563 g/mol. The number of hydrogen-bond donors (Lipinski definition) is 0. The molecule has 0 heterocycles. The number of allylic oxidation sites excluding steroid dienone is 2. The highest BCUT2D eigenvalue weighted by Gasteiger charge is 2.02. The first kappa shape index (κ1) is 39.2. The van der Waals surface area contributed by atoms with E-state index in [9.17, 15) is 4.79 Å². The first-order chi connectivity index (χ1) is 19.8. The van der Waals surface area contributed by atoms with Gasteiger partial charge in [-0.05, 0) is 38.5 Å². The van der Waals surface area contributed by atoms with E-state index in [0.29, 0.717) is 13.0 Å². The molecular formula is C38H74O2. The second-order valence-electron chi connectivity index (χ2n) is 12.6. The van der Waals surface area contributed by atoms with Crippen molar-refractivity contribution in [2.24, 2.45) is 0 Å². The normalized spacial score (nSPS) is 11.6. The second-order valence-corrected chi connectivity index (χ2v) is 12.6. The van der Waals surface area contributed by atoms with E-state index in [1.54, 1.807) is 0 Å². The van der Waals surface area contributed by atoms with Crippen LogP contribution in [0.4, 0.5) is 0 Å². The molecular weight excluding hydrogens is 488 g/mol. The topological polar surface area (TPSA) is 26.3 Å². The molecule has 0 spiro atoms. The van der Waals surface area contributed by atoms with Gasteiger partial charge in [0.2, 0.25) is 0 Å². The Morgan fingerprint density at radius 2 is 0.700 bits per heavy atom. The number of carbonyl (C=O) groups excluding carboxylic acids is 1. The average molecular weight is 563 g/mol. The molecule has 2 heteroatoms. The molecule has 0 amide bonds. The summed E-state index contributed by atoms with van der Waals surface area (Å²) in [6, 6.07) is 0. The van der Waals surface area contributed by atoms with E-state index in [4.69, 9.17) is 4.74 Å². The lowest BCUT2D eigenvalue weighted by Gasteiger charge is -2.05. The van der Waals surface area contributed by atoms with Crippen molar-refractivity contribution in [2.45, 2.75) is 219 Å². The maximum Gasteiger partial charge on any atom is 0.305 e. The Bertz CT molecular complexity index is 498. The van der Waals surface area contributed by atoms with Crippen LogP contribution in [0.25, 0.3) is 0 Å². The molecule has 0 aromatic rings. The summed E-state index contributed by atoms with van der Waals surface area (Å²) in [5, 5.41) is 0.